The summed E-state index contributed by atoms with van der Waals surface area (Å²) in [5.74, 6) is 0.381. The first-order chi connectivity index (χ1) is 19.9. The Labute approximate surface area is 237 Å². The molecule has 1 nitrogen and oxygen atoms in total. The van der Waals surface area contributed by atoms with E-state index in [1.54, 1.807) is 0 Å². The van der Waals surface area contributed by atoms with Gasteiger partial charge < -0.3 is 4.57 Å². The topological polar surface area (TPSA) is 4.93 Å². The fourth-order valence-electron chi connectivity index (χ4n) is 7.86. The minimum atomic E-state index is 0.381. The van der Waals surface area contributed by atoms with Crippen LogP contribution in [0.1, 0.15) is 67.2 Å². The predicted molar refractivity (Wildman–Crippen MR) is 169 cm³/mol. The van der Waals surface area contributed by atoms with Crippen LogP contribution in [0.15, 0.2) is 115 Å². The van der Waals surface area contributed by atoms with Crippen LogP contribution in [0, 0.1) is 0 Å². The summed E-state index contributed by atoms with van der Waals surface area (Å²) < 4.78 is 2.69. The lowest BCUT2D eigenvalue weighted by Crippen LogP contribution is -2.12. The molecule has 0 aliphatic heterocycles. The number of hydrogen-bond donors (Lipinski definition) is 0. The number of rotatable bonds is 3. The van der Waals surface area contributed by atoms with Gasteiger partial charge in [-0.25, -0.2) is 0 Å². The number of fused-ring (bicyclic) bond motifs is 6. The van der Waals surface area contributed by atoms with Crippen molar-refractivity contribution in [2.45, 2.75) is 56.9 Å². The van der Waals surface area contributed by atoms with Gasteiger partial charge in [0.25, 0.3) is 0 Å². The Kier molecular flexibility index (Phi) is 5.83. The first kappa shape index (κ1) is 23.8. The first-order valence-corrected chi connectivity index (χ1v) is 15.2. The van der Waals surface area contributed by atoms with Crippen LogP contribution >= 0.6 is 0 Å². The zero-order valence-electron chi connectivity index (χ0n) is 23.0. The molecule has 8 rings (SSSR count). The van der Waals surface area contributed by atoms with E-state index in [0.29, 0.717) is 12.0 Å². The van der Waals surface area contributed by atoms with Crippen molar-refractivity contribution in [3.05, 3.63) is 132 Å². The molecule has 2 aliphatic carbocycles. The fourth-order valence-corrected chi connectivity index (χ4v) is 7.86. The van der Waals surface area contributed by atoms with Crippen LogP contribution in [-0.4, -0.2) is 4.57 Å². The van der Waals surface area contributed by atoms with Gasteiger partial charge in [-0.15, -0.1) is 0 Å². The predicted octanol–water partition coefficient (Wildman–Crippen LogP) is 10.7. The molecule has 1 aromatic heterocycles. The normalized spacial score (nSPS) is 17.4. The molecule has 1 saturated carbocycles. The van der Waals surface area contributed by atoms with Gasteiger partial charge in [0.2, 0.25) is 0 Å². The number of aromatic nitrogens is 1. The molecule has 1 unspecified atom stereocenters. The average Bonchev–Trinajstić information content (AvgIpc) is 3.27. The maximum atomic E-state index is 2.69. The van der Waals surface area contributed by atoms with Crippen molar-refractivity contribution in [2.75, 3.05) is 0 Å². The molecule has 0 spiro atoms. The molecule has 6 aromatic rings. The van der Waals surface area contributed by atoms with Crippen molar-refractivity contribution in [2.24, 2.45) is 0 Å². The van der Waals surface area contributed by atoms with Gasteiger partial charge in [-0.05, 0) is 76.8 Å². The van der Waals surface area contributed by atoms with Crippen LogP contribution < -0.4 is 0 Å². The zero-order valence-corrected chi connectivity index (χ0v) is 23.0. The molecule has 5 aromatic carbocycles. The Morgan fingerprint density at radius 3 is 2.12 bits per heavy atom. The molecular formula is C39H35N. The zero-order chi connectivity index (χ0) is 26.5. The third-order valence-corrected chi connectivity index (χ3v) is 9.63. The standard InChI is InChI=1S/C39H35N/c1-3-13-27(14-4-1)30-26-25-28-15-7-8-18-31(28)38-32(30)20-11-21-33(38)34-22-12-24-37-39(34)35-19-9-10-23-36(35)40(37)29-16-5-2-6-17-29/h1,3-4,7-15,18-24,29-30H,2,5-6,16-17,25-26H2. The van der Waals surface area contributed by atoms with Crippen molar-refractivity contribution in [1.82, 2.24) is 4.57 Å². The summed E-state index contributed by atoms with van der Waals surface area (Å²) in [6.45, 7) is 0. The largest absolute Gasteiger partial charge is 0.337 e. The second-order valence-corrected chi connectivity index (χ2v) is 11.8. The average molecular weight is 518 g/mol. The van der Waals surface area contributed by atoms with Crippen LogP contribution in [0.4, 0.5) is 0 Å². The Balaban J connectivity index is 1.43. The van der Waals surface area contributed by atoms with Gasteiger partial charge in [0, 0.05) is 33.8 Å². The Hall–Kier alpha value is -4.10. The second kappa shape index (κ2) is 9.82. The highest BCUT2D eigenvalue weighted by Crippen LogP contribution is 2.48. The van der Waals surface area contributed by atoms with Gasteiger partial charge in [-0.3, -0.25) is 0 Å². The molecule has 0 bridgehead atoms. The Morgan fingerprint density at radius 1 is 0.525 bits per heavy atom. The summed E-state index contributed by atoms with van der Waals surface area (Å²) in [6, 6.07) is 44.1. The Morgan fingerprint density at radius 2 is 1.23 bits per heavy atom. The smallest absolute Gasteiger partial charge is 0.0500 e. The van der Waals surface area contributed by atoms with Gasteiger partial charge in [-0.1, -0.05) is 122 Å². The Bertz CT molecular complexity index is 1830. The lowest BCUT2D eigenvalue weighted by atomic mass is 9.82. The number of nitrogens with zero attached hydrogens (tertiary/aromatic N) is 1. The van der Waals surface area contributed by atoms with Crippen molar-refractivity contribution < 1.29 is 0 Å². The molecular weight excluding hydrogens is 482 g/mol. The molecule has 0 amide bonds. The monoisotopic (exact) mass is 517 g/mol. The summed E-state index contributed by atoms with van der Waals surface area (Å²) in [7, 11) is 0. The summed E-state index contributed by atoms with van der Waals surface area (Å²) in [5, 5.41) is 2.80. The summed E-state index contributed by atoms with van der Waals surface area (Å²) >= 11 is 0. The van der Waals surface area contributed by atoms with E-state index in [1.165, 1.54) is 92.9 Å². The van der Waals surface area contributed by atoms with E-state index in [1.807, 2.05) is 0 Å². The van der Waals surface area contributed by atoms with Crippen molar-refractivity contribution in [3.8, 4) is 22.3 Å². The molecule has 1 heteroatoms. The third kappa shape index (κ3) is 3.75. The van der Waals surface area contributed by atoms with E-state index >= 15 is 0 Å². The number of benzene rings is 5. The van der Waals surface area contributed by atoms with Crippen LogP contribution in [0.25, 0.3) is 44.1 Å². The molecule has 0 saturated heterocycles. The van der Waals surface area contributed by atoms with Crippen LogP contribution in [0.5, 0.6) is 0 Å². The SMILES string of the molecule is c1ccc(C2CCc3ccccc3-c3c(-c4cccc5c4c4ccccc4n5C4CCCCC4)cccc32)cc1. The maximum absolute atomic E-state index is 2.69. The number of aryl methyl sites for hydroxylation is 1. The highest BCUT2D eigenvalue weighted by molar-refractivity contribution is 6.16. The second-order valence-electron chi connectivity index (χ2n) is 11.8. The van der Waals surface area contributed by atoms with Crippen LogP contribution in [0.3, 0.4) is 0 Å². The molecule has 1 atom stereocenters. The van der Waals surface area contributed by atoms with Gasteiger partial charge in [0.15, 0.2) is 0 Å². The maximum Gasteiger partial charge on any atom is 0.0500 e. The molecule has 0 radical (unpaired) electrons. The van der Waals surface area contributed by atoms with E-state index in [2.05, 4.69) is 120 Å². The first-order valence-electron chi connectivity index (χ1n) is 15.2. The van der Waals surface area contributed by atoms with E-state index in [4.69, 9.17) is 0 Å². The minimum Gasteiger partial charge on any atom is -0.337 e. The molecule has 2 aliphatic rings. The van der Waals surface area contributed by atoms with E-state index in [-0.39, 0.29) is 0 Å². The van der Waals surface area contributed by atoms with Crippen molar-refractivity contribution in [3.63, 3.8) is 0 Å². The van der Waals surface area contributed by atoms with E-state index < -0.39 is 0 Å². The van der Waals surface area contributed by atoms with Gasteiger partial charge in [-0.2, -0.15) is 0 Å². The van der Waals surface area contributed by atoms with Crippen LogP contribution in [-0.2, 0) is 6.42 Å². The number of hydrogen-bond acceptors (Lipinski definition) is 0. The van der Waals surface area contributed by atoms with E-state index in [0.717, 1.165) is 12.8 Å². The highest BCUT2D eigenvalue weighted by Gasteiger charge is 2.28. The van der Waals surface area contributed by atoms with Crippen molar-refractivity contribution >= 4 is 21.8 Å². The fraction of sp³-hybridized carbons (Fsp3) is 0.231. The number of para-hydroxylation sites is 1. The molecule has 1 heterocycles. The van der Waals surface area contributed by atoms with Gasteiger partial charge in [0.1, 0.15) is 0 Å². The van der Waals surface area contributed by atoms with E-state index in [9.17, 15) is 0 Å². The highest BCUT2D eigenvalue weighted by atomic mass is 15.0. The quantitative estimate of drug-likeness (QED) is 0.220. The lowest BCUT2D eigenvalue weighted by molar-refractivity contribution is 0.367. The van der Waals surface area contributed by atoms with Gasteiger partial charge in [0.05, 0.1) is 0 Å². The third-order valence-electron chi connectivity index (χ3n) is 9.63. The summed E-state index contributed by atoms with van der Waals surface area (Å²) in [6.07, 6.45) is 8.83. The molecule has 0 N–H and O–H groups in total. The molecule has 1 fully saturated rings. The summed E-state index contributed by atoms with van der Waals surface area (Å²) in [4.78, 5) is 0. The van der Waals surface area contributed by atoms with Crippen LogP contribution in [0.2, 0.25) is 0 Å². The lowest BCUT2D eigenvalue weighted by Gasteiger charge is -2.25. The van der Waals surface area contributed by atoms with Crippen molar-refractivity contribution in [1.29, 1.82) is 0 Å². The molecule has 40 heavy (non-hydrogen) atoms. The van der Waals surface area contributed by atoms with Gasteiger partial charge >= 0.3 is 0 Å². The molecule has 196 valence electrons. The summed E-state index contributed by atoms with van der Waals surface area (Å²) in [5.41, 5.74) is 12.7. The minimum absolute atomic E-state index is 0.381.